The molecule has 3 nitrogen and oxygen atoms in total. The molecule has 0 saturated heterocycles. The van der Waals surface area contributed by atoms with E-state index >= 15 is 0 Å². The molecule has 0 aliphatic carbocycles. The molecule has 1 aliphatic rings. The highest BCUT2D eigenvalue weighted by molar-refractivity contribution is 5.42. The SMILES string of the molecule is CC1Cc2cc(C(O)c3ccco3)ccc2O1. The molecule has 1 aromatic heterocycles. The van der Waals surface area contributed by atoms with E-state index in [1.54, 1.807) is 18.4 Å². The van der Waals surface area contributed by atoms with Gasteiger partial charge in [-0.3, -0.25) is 0 Å². The van der Waals surface area contributed by atoms with Crippen LogP contribution in [0.5, 0.6) is 5.75 Å². The van der Waals surface area contributed by atoms with E-state index in [0.29, 0.717) is 5.76 Å². The summed E-state index contributed by atoms with van der Waals surface area (Å²) in [6, 6.07) is 9.34. The molecule has 0 saturated carbocycles. The number of hydrogen-bond donors (Lipinski definition) is 1. The number of furan rings is 1. The first-order chi connectivity index (χ1) is 8.24. The van der Waals surface area contributed by atoms with Gasteiger partial charge in [-0.05, 0) is 42.3 Å². The van der Waals surface area contributed by atoms with Crippen molar-refractivity contribution < 1.29 is 14.3 Å². The summed E-state index contributed by atoms with van der Waals surface area (Å²) in [5.41, 5.74) is 2.00. The Hall–Kier alpha value is -1.74. The molecule has 3 rings (SSSR count). The molecule has 0 fully saturated rings. The minimum atomic E-state index is -0.703. The molecule has 2 unspecified atom stereocenters. The Morgan fingerprint density at radius 1 is 1.35 bits per heavy atom. The lowest BCUT2D eigenvalue weighted by Gasteiger charge is -2.09. The van der Waals surface area contributed by atoms with Gasteiger partial charge in [-0.1, -0.05) is 6.07 Å². The quantitative estimate of drug-likeness (QED) is 0.862. The molecule has 0 amide bonds. The molecule has 3 heteroatoms. The highest BCUT2D eigenvalue weighted by Gasteiger charge is 2.21. The summed E-state index contributed by atoms with van der Waals surface area (Å²) in [6.45, 7) is 2.04. The van der Waals surface area contributed by atoms with Crippen LogP contribution in [0.2, 0.25) is 0 Å². The van der Waals surface area contributed by atoms with Gasteiger partial charge >= 0.3 is 0 Å². The molecule has 2 aromatic rings. The van der Waals surface area contributed by atoms with Gasteiger partial charge in [0.2, 0.25) is 0 Å². The fraction of sp³-hybridized carbons (Fsp3) is 0.286. The average molecular weight is 230 g/mol. The van der Waals surface area contributed by atoms with E-state index in [-0.39, 0.29) is 6.10 Å². The van der Waals surface area contributed by atoms with Crippen molar-refractivity contribution in [2.75, 3.05) is 0 Å². The lowest BCUT2D eigenvalue weighted by atomic mass is 10.0. The van der Waals surface area contributed by atoms with Crippen molar-refractivity contribution in [1.82, 2.24) is 0 Å². The zero-order chi connectivity index (χ0) is 11.8. The van der Waals surface area contributed by atoms with Crippen molar-refractivity contribution in [3.63, 3.8) is 0 Å². The molecule has 0 spiro atoms. The minimum Gasteiger partial charge on any atom is -0.490 e. The molecule has 1 N–H and O–H groups in total. The maximum atomic E-state index is 10.1. The third-order valence-corrected chi connectivity index (χ3v) is 3.05. The number of benzene rings is 1. The van der Waals surface area contributed by atoms with Gasteiger partial charge in [-0.15, -0.1) is 0 Å². The summed E-state index contributed by atoms with van der Waals surface area (Å²) in [7, 11) is 0. The van der Waals surface area contributed by atoms with Crippen molar-refractivity contribution in [2.45, 2.75) is 25.6 Å². The van der Waals surface area contributed by atoms with Crippen LogP contribution in [0.25, 0.3) is 0 Å². The fourth-order valence-corrected chi connectivity index (χ4v) is 2.22. The fourth-order valence-electron chi connectivity index (χ4n) is 2.22. The number of rotatable bonds is 2. The summed E-state index contributed by atoms with van der Waals surface area (Å²) < 4.78 is 10.8. The zero-order valence-corrected chi connectivity index (χ0v) is 9.59. The van der Waals surface area contributed by atoms with Crippen LogP contribution in [0.4, 0.5) is 0 Å². The van der Waals surface area contributed by atoms with E-state index in [9.17, 15) is 5.11 Å². The molecular weight excluding hydrogens is 216 g/mol. The van der Waals surface area contributed by atoms with Gasteiger partial charge in [0.15, 0.2) is 0 Å². The smallest absolute Gasteiger partial charge is 0.137 e. The molecule has 1 aromatic carbocycles. The first-order valence-electron chi connectivity index (χ1n) is 5.75. The maximum Gasteiger partial charge on any atom is 0.137 e. The van der Waals surface area contributed by atoms with Gasteiger partial charge in [0.1, 0.15) is 23.7 Å². The Bertz CT molecular complexity index is 516. The molecule has 1 aliphatic heterocycles. The van der Waals surface area contributed by atoms with Crippen LogP contribution in [0.3, 0.4) is 0 Å². The highest BCUT2D eigenvalue weighted by atomic mass is 16.5. The Labute approximate surface area is 99.6 Å². The lowest BCUT2D eigenvalue weighted by molar-refractivity contribution is 0.189. The van der Waals surface area contributed by atoms with E-state index in [1.165, 1.54) is 0 Å². The average Bonchev–Trinajstić information content (AvgIpc) is 2.94. The van der Waals surface area contributed by atoms with E-state index in [1.807, 2.05) is 25.1 Å². The molecule has 17 heavy (non-hydrogen) atoms. The second kappa shape index (κ2) is 3.93. The van der Waals surface area contributed by atoms with Gasteiger partial charge in [0, 0.05) is 6.42 Å². The highest BCUT2D eigenvalue weighted by Crippen LogP contribution is 2.32. The van der Waals surface area contributed by atoms with Gasteiger partial charge in [-0.25, -0.2) is 0 Å². The van der Waals surface area contributed by atoms with Gasteiger partial charge in [-0.2, -0.15) is 0 Å². The molecule has 2 atom stereocenters. The Balaban J connectivity index is 1.93. The Morgan fingerprint density at radius 2 is 2.24 bits per heavy atom. The topological polar surface area (TPSA) is 42.6 Å². The number of fused-ring (bicyclic) bond motifs is 1. The number of aliphatic hydroxyl groups is 1. The van der Waals surface area contributed by atoms with Crippen LogP contribution < -0.4 is 4.74 Å². The number of aliphatic hydroxyl groups excluding tert-OH is 1. The van der Waals surface area contributed by atoms with Crippen molar-refractivity contribution in [3.05, 3.63) is 53.5 Å². The predicted molar refractivity (Wildman–Crippen MR) is 63.0 cm³/mol. The first kappa shape index (κ1) is 10.4. The predicted octanol–water partition coefficient (Wildman–Crippen LogP) is 2.68. The maximum absolute atomic E-state index is 10.1. The normalized spacial score (nSPS) is 19.8. The summed E-state index contributed by atoms with van der Waals surface area (Å²) in [6.07, 6.45) is 1.98. The largest absolute Gasteiger partial charge is 0.490 e. The molecule has 88 valence electrons. The van der Waals surface area contributed by atoms with Crippen molar-refractivity contribution in [2.24, 2.45) is 0 Å². The van der Waals surface area contributed by atoms with Crippen LogP contribution in [0.15, 0.2) is 41.0 Å². The van der Waals surface area contributed by atoms with E-state index < -0.39 is 6.10 Å². The summed E-state index contributed by atoms with van der Waals surface area (Å²) in [5.74, 6) is 1.49. The van der Waals surface area contributed by atoms with Crippen LogP contribution in [0, 0.1) is 0 Å². The van der Waals surface area contributed by atoms with Crippen LogP contribution in [0.1, 0.15) is 29.9 Å². The number of hydrogen-bond acceptors (Lipinski definition) is 3. The Morgan fingerprint density at radius 3 is 3.00 bits per heavy atom. The monoisotopic (exact) mass is 230 g/mol. The molecular formula is C14H14O3. The van der Waals surface area contributed by atoms with E-state index in [2.05, 4.69) is 0 Å². The van der Waals surface area contributed by atoms with Crippen LogP contribution in [-0.2, 0) is 6.42 Å². The van der Waals surface area contributed by atoms with E-state index in [4.69, 9.17) is 9.15 Å². The van der Waals surface area contributed by atoms with Gasteiger partial charge in [0.05, 0.1) is 6.26 Å². The second-order valence-electron chi connectivity index (χ2n) is 4.42. The van der Waals surface area contributed by atoms with Gasteiger partial charge < -0.3 is 14.3 Å². The van der Waals surface area contributed by atoms with Crippen molar-refractivity contribution in [1.29, 1.82) is 0 Å². The summed E-state index contributed by atoms with van der Waals surface area (Å²) in [4.78, 5) is 0. The minimum absolute atomic E-state index is 0.223. The standard InChI is InChI=1S/C14H14O3/c1-9-7-11-8-10(4-5-12(11)17-9)14(15)13-3-2-6-16-13/h2-6,8-9,14-15H,7H2,1H3. The molecule has 0 bridgehead atoms. The molecule has 2 heterocycles. The summed E-state index contributed by atoms with van der Waals surface area (Å²) in [5, 5.41) is 10.1. The third kappa shape index (κ3) is 1.83. The zero-order valence-electron chi connectivity index (χ0n) is 9.59. The van der Waals surface area contributed by atoms with Crippen molar-refractivity contribution in [3.8, 4) is 5.75 Å². The Kier molecular flexibility index (Phi) is 2.41. The van der Waals surface area contributed by atoms with Crippen molar-refractivity contribution >= 4 is 0 Å². The van der Waals surface area contributed by atoms with E-state index in [0.717, 1.165) is 23.3 Å². The molecule has 0 radical (unpaired) electrons. The van der Waals surface area contributed by atoms with Gasteiger partial charge in [0.25, 0.3) is 0 Å². The number of ether oxygens (including phenoxy) is 1. The summed E-state index contributed by atoms with van der Waals surface area (Å²) >= 11 is 0. The second-order valence-corrected chi connectivity index (χ2v) is 4.42. The van der Waals surface area contributed by atoms with Crippen LogP contribution >= 0.6 is 0 Å². The third-order valence-electron chi connectivity index (χ3n) is 3.05. The lowest BCUT2D eigenvalue weighted by Crippen LogP contribution is -2.05. The first-order valence-corrected chi connectivity index (χ1v) is 5.75. The van der Waals surface area contributed by atoms with Crippen LogP contribution in [-0.4, -0.2) is 11.2 Å².